The van der Waals surface area contributed by atoms with Gasteiger partial charge in [0.15, 0.2) is 5.76 Å². The van der Waals surface area contributed by atoms with Crippen LogP contribution in [-0.2, 0) is 6.54 Å². The van der Waals surface area contributed by atoms with Gasteiger partial charge in [0, 0.05) is 59.7 Å². The normalized spacial score (nSPS) is 14.2. The number of anilines is 2. The number of hydrogen-bond acceptors (Lipinski definition) is 4. The predicted molar refractivity (Wildman–Crippen MR) is 142 cm³/mol. The minimum absolute atomic E-state index is 0.258. The Hall–Kier alpha value is -3.25. The predicted octanol–water partition coefficient (Wildman–Crippen LogP) is 6.83. The van der Waals surface area contributed by atoms with E-state index in [1.165, 1.54) is 5.56 Å². The molecule has 1 aliphatic rings. The fourth-order valence-electron chi connectivity index (χ4n) is 4.21. The van der Waals surface area contributed by atoms with E-state index in [4.69, 9.17) is 27.6 Å². The highest BCUT2D eigenvalue weighted by atomic mass is 35.5. The van der Waals surface area contributed by atoms with Gasteiger partial charge in [-0.2, -0.15) is 0 Å². The Morgan fingerprint density at radius 3 is 2.26 bits per heavy atom. The molecule has 7 heteroatoms. The zero-order valence-electron chi connectivity index (χ0n) is 19.1. The number of piperazine rings is 1. The highest BCUT2D eigenvalue weighted by Gasteiger charge is 2.18. The van der Waals surface area contributed by atoms with Gasteiger partial charge in [-0.15, -0.1) is 0 Å². The van der Waals surface area contributed by atoms with Crippen LogP contribution in [0.1, 0.15) is 16.1 Å². The van der Waals surface area contributed by atoms with Gasteiger partial charge < -0.3 is 14.6 Å². The SMILES string of the molecule is O=C(Nc1ccc(N2CCN(Cc3ccccc3Cl)CC2)cc1)c1ccc(-c2ccc(Cl)cc2)o1. The van der Waals surface area contributed by atoms with Gasteiger partial charge in [-0.05, 0) is 72.3 Å². The number of nitrogens with one attached hydrogen (secondary N) is 1. The summed E-state index contributed by atoms with van der Waals surface area (Å²) in [6, 6.07) is 26.7. The Bertz CT molecular complexity index is 1290. The van der Waals surface area contributed by atoms with Crippen LogP contribution in [0.3, 0.4) is 0 Å². The molecule has 5 nitrogen and oxygen atoms in total. The maximum absolute atomic E-state index is 12.7. The lowest BCUT2D eigenvalue weighted by atomic mass is 10.2. The third-order valence-electron chi connectivity index (χ3n) is 6.17. The van der Waals surface area contributed by atoms with Crippen molar-refractivity contribution < 1.29 is 9.21 Å². The second kappa shape index (κ2) is 10.6. The summed E-state index contributed by atoms with van der Waals surface area (Å²) < 4.78 is 5.75. The number of hydrogen-bond donors (Lipinski definition) is 1. The summed E-state index contributed by atoms with van der Waals surface area (Å²) in [6.45, 7) is 4.69. The molecule has 0 atom stereocenters. The Morgan fingerprint density at radius 1 is 0.829 bits per heavy atom. The number of halogens is 2. The van der Waals surface area contributed by atoms with Gasteiger partial charge in [0.25, 0.3) is 5.91 Å². The molecule has 5 rings (SSSR count). The second-order valence-corrected chi connectivity index (χ2v) is 9.37. The Labute approximate surface area is 214 Å². The van der Waals surface area contributed by atoms with E-state index in [-0.39, 0.29) is 11.7 Å². The summed E-state index contributed by atoms with van der Waals surface area (Å²) in [5.41, 5.74) is 3.90. The molecule has 4 aromatic rings. The first kappa shape index (κ1) is 23.5. The summed E-state index contributed by atoms with van der Waals surface area (Å²) in [5.74, 6) is 0.593. The summed E-state index contributed by atoms with van der Waals surface area (Å²) in [6.07, 6.45) is 0. The van der Waals surface area contributed by atoms with Crippen molar-refractivity contribution >= 4 is 40.5 Å². The molecule has 0 bridgehead atoms. The molecule has 0 spiro atoms. The van der Waals surface area contributed by atoms with E-state index in [0.29, 0.717) is 10.8 Å². The van der Waals surface area contributed by atoms with Crippen LogP contribution in [-0.4, -0.2) is 37.0 Å². The topological polar surface area (TPSA) is 48.7 Å². The van der Waals surface area contributed by atoms with E-state index >= 15 is 0 Å². The molecule has 1 aromatic heterocycles. The summed E-state index contributed by atoms with van der Waals surface area (Å²) in [5, 5.41) is 4.38. The number of carbonyl (C=O) groups excluding carboxylic acids is 1. The first-order chi connectivity index (χ1) is 17.0. The van der Waals surface area contributed by atoms with Crippen molar-refractivity contribution in [3.05, 3.63) is 106 Å². The van der Waals surface area contributed by atoms with E-state index in [0.717, 1.165) is 54.7 Å². The van der Waals surface area contributed by atoms with Crippen molar-refractivity contribution in [2.45, 2.75) is 6.54 Å². The van der Waals surface area contributed by atoms with Crippen molar-refractivity contribution in [2.24, 2.45) is 0 Å². The zero-order valence-corrected chi connectivity index (χ0v) is 20.6. The van der Waals surface area contributed by atoms with Gasteiger partial charge in [-0.1, -0.05) is 41.4 Å². The van der Waals surface area contributed by atoms with Crippen LogP contribution in [0.15, 0.2) is 89.3 Å². The van der Waals surface area contributed by atoms with E-state index < -0.39 is 0 Å². The molecule has 0 saturated carbocycles. The monoisotopic (exact) mass is 505 g/mol. The molecule has 0 aliphatic carbocycles. The maximum atomic E-state index is 12.7. The number of carbonyl (C=O) groups is 1. The van der Waals surface area contributed by atoms with E-state index in [2.05, 4.69) is 21.2 Å². The van der Waals surface area contributed by atoms with Crippen LogP contribution in [0.2, 0.25) is 10.0 Å². The minimum Gasteiger partial charge on any atom is -0.451 e. The summed E-state index contributed by atoms with van der Waals surface area (Å²) in [4.78, 5) is 17.4. The molecule has 35 heavy (non-hydrogen) atoms. The molecule has 178 valence electrons. The average Bonchev–Trinajstić information content (AvgIpc) is 3.38. The molecule has 1 saturated heterocycles. The van der Waals surface area contributed by atoms with E-state index in [1.54, 1.807) is 24.3 Å². The van der Waals surface area contributed by atoms with Crippen molar-refractivity contribution in [2.75, 3.05) is 36.4 Å². The van der Waals surface area contributed by atoms with E-state index in [1.807, 2.05) is 54.6 Å². The van der Waals surface area contributed by atoms with Crippen molar-refractivity contribution in [3.8, 4) is 11.3 Å². The van der Waals surface area contributed by atoms with Gasteiger partial charge in [0.1, 0.15) is 5.76 Å². The quantitative estimate of drug-likeness (QED) is 0.312. The molecular formula is C28H25Cl2N3O2. The Morgan fingerprint density at radius 2 is 1.54 bits per heavy atom. The highest BCUT2D eigenvalue weighted by Crippen LogP contribution is 2.25. The number of amides is 1. The molecule has 1 N–H and O–H groups in total. The van der Waals surface area contributed by atoms with Crippen LogP contribution in [0, 0.1) is 0 Å². The molecule has 1 aliphatic heterocycles. The lowest BCUT2D eigenvalue weighted by Gasteiger charge is -2.36. The first-order valence-electron chi connectivity index (χ1n) is 11.5. The van der Waals surface area contributed by atoms with Gasteiger partial charge in [0.2, 0.25) is 0 Å². The largest absolute Gasteiger partial charge is 0.451 e. The summed E-state index contributed by atoms with van der Waals surface area (Å²) in [7, 11) is 0. The molecule has 1 amide bonds. The lowest BCUT2D eigenvalue weighted by Crippen LogP contribution is -2.46. The molecule has 0 unspecified atom stereocenters. The van der Waals surface area contributed by atoms with Crippen molar-refractivity contribution in [3.63, 3.8) is 0 Å². The van der Waals surface area contributed by atoms with E-state index in [9.17, 15) is 4.79 Å². The molecule has 2 heterocycles. The lowest BCUT2D eigenvalue weighted by molar-refractivity contribution is 0.0997. The van der Waals surface area contributed by atoms with Gasteiger partial charge in [-0.25, -0.2) is 0 Å². The highest BCUT2D eigenvalue weighted by molar-refractivity contribution is 6.31. The van der Waals surface area contributed by atoms with Gasteiger partial charge in [-0.3, -0.25) is 9.69 Å². The smallest absolute Gasteiger partial charge is 0.291 e. The maximum Gasteiger partial charge on any atom is 0.291 e. The van der Waals surface area contributed by atoms with Crippen molar-refractivity contribution in [1.82, 2.24) is 4.90 Å². The summed E-state index contributed by atoms with van der Waals surface area (Å²) >= 11 is 12.3. The number of furan rings is 1. The van der Waals surface area contributed by atoms with Gasteiger partial charge >= 0.3 is 0 Å². The minimum atomic E-state index is -0.286. The molecule has 0 radical (unpaired) electrons. The number of benzene rings is 3. The van der Waals surface area contributed by atoms with Gasteiger partial charge in [0.05, 0.1) is 0 Å². The molecule has 3 aromatic carbocycles. The van der Waals surface area contributed by atoms with Crippen LogP contribution in [0.5, 0.6) is 0 Å². The third kappa shape index (κ3) is 5.70. The number of nitrogens with zero attached hydrogens (tertiary/aromatic N) is 2. The Balaban J connectivity index is 1.15. The van der Waals surface area contributed by atoms with Crippen LogP contribution in [0.25, 0.3) is 11.3 Å². The first-order valence-corrected chi connectivity index (χ1v) is 12.3. The van der Waals surface area contributed by atoms with Crippen molar-refractivity contribution in [1.29, 1.82) is 0 Å². The fourth-order valence-corrected chi connectivity index (χ4v) is 4.53. The Kier molecular flexibility index (Phi) is 7.09. The second-order valence-electron chi connectivity index (χ2n) is 8.53. The standard InChI is InChI=1S/C28H25Cl2N3O2/c29-22-7-5-20(6-8-22)26-13-14-27(35-26)28(34)31-23-9-11-24(12-10-23)33-17-15-32(16-18-33)19-21-3-1-2-4-25(21)30/h1-14H,15-19H2,(H,31,34). The average molecular weight is 506 g/mol. The fraction of sp³-hybridized carbons (Fsp3) is 0.179. The zero-order chi connectivity index (χ0) is 24.2. The van der Waals surface area contributed by atoms with Crippen LogP contribution in [0.4, 0.5) is 11.4 Å². The van der Waals surface area contributed by atoms with Crippen LogP contribution >= 0.6 is 23.2 Å². The molecule has 1 fully saturated rings. The molecular weight excluding hydrogens is 481 g/mol. The number of rotatable bonds is 6. The third-order valence-corrected chi connectivity index (χ3v) is 6.79. The van der Waals surface area contributed by atoms with Crippen LogP contribution < -0.4 is 10.2 Å².